The normalized spacial score (nSPS) is 16.1. The SMILES string of the molecule is CCc1ccccc1-n1c(SCC(=O)c2c[nH]c(C(=O)N3CCCC3)c2)nnc1N1CCOCC1. The number of hydrogen-bond donors (Lipinski definition) is 1. The van der Waals surface area contributed by atoms with Gasteiger partial charge in [0.25, 0.3) is 5.91 Å². The molecule has 0 bridgehead atoms. The predicted molar refractivity (Wildman–Crippen MR) is 135 cm³/mol. The molecule has 2 aliphatic rings. The monoisotopic (exact) mass is 494 g/mol. The highest BCUT2D eigenvalue weighted by atomic mass is 32.2. The average Bonchev–Trinajstić information content (AvgIpc) is 3.68. The van der Waals surface area contributed by atoms with Crippen LogP contribution in [0.2, 0.25) is 0 Å². The summed E-state index contributed by atoms with van der Waals surface area (Å²) in [6.45, 7) is 6.46. The molecule has 1 aromatic carbocycles. The fraction of sp³-hybridized carbons (Fsp3) is 0.440. The van der Waals surface area contributed by atoms with Crippen molar-refractivity contribution < 1.29 is 14.3 Å². The number of aryl methyl sites for hydroxylation is 1. The summed E-state index contributed by atoms with van der Waals surface area (Å²) in [5.74, 6) is 0.868. The molecule has 2 fully saturated rings. The minimum absolute atomic E-state index is 0.0414. The number of benzene rings is 1. The number of rotatable bonds is 8. The Morgan fingerprint density at radius 2 is 1.86 bits per heavy atom. The molecular formula is C25H30N6O3S. The van der Waals surface area contributed by atoms with Crippen LogP contribution in [0.1, 0.15) is 46.2 Å². The number of carbonyl (C=O) groups excluding carboxylic acids is 2. The van der Waals surface area contributed by atoms with Gasteiger partial charge in [-0.1, -0.05) is 36.9 Å². The lowest BCUT2D eigenvalue weighted by atomic mass is 10.1. The maximum Gasteiger partial charge on any atom is 0.270 e. The number of Topliss-reactive ketones (excluding diaryl/α,β-unsaturated/α-hetero) is 1. The Labute approximate surface area is 208 Å². The van der Waals surface area contributed by atoms with Crippen LogP contribution in [-0.4, -0.2) is 81.5 Å². The Hall–Kier alpha value is -3.11. The van der Waals surface area contributed by atoms with E-state index in [1.54, 1.807) is 12.3 Å². The second-order valence-electron chi connectivity index (χ2n) is 8.71. The van der Waals surface area contributed by atoms with Gasteiger partial charge in [0.2, 0.25) is 5.95 Å². The number of amides is 1. The third-order valence-electron chi connectivity index (χ3n) is 6.48. The molecule has 0 aliphatic carbocycles. The number of carbonyl (C=O) groups is 2. The second-order valence-corrected chi connectivity index (χ2v) is 9.66. The Bertz CT molecular complexity index is 1190. The van der Waals surface area contributed by atoms with Crippen molar-refractivity contribution in [1.29, 1.82) is 0 Å². The van der Waals surface area contributed by atoms with E-state index in [0.717, 1.165) is 57.1 Å². The van der Waals surface area contributed by atoms with Crippen molar-refractivity contribution in [1.82, 2.24) is 24.6 Å². The molecule has 0 saturated carbocycles. The maximum absolute atomic E-state index is 13.0. The van der Waals surface area contributed by atoms with Gasteiger partial charge < -0.3 is 19.5 Å². The number of morpholine rings is 1. The molecular weight excluding hydrogens is 464 g/mol. The van der Waals surface area contributed by atoms with Crippen LogP contribution in [0.3, 0.4) is 0 Å². The highest BCUT2D eigenvalue weighted by molar-refractivity contribution is 7.99. The standard InChI is InChI=1S/C25H30N6O3S/c1-2-18-7-3-4-8-21(18)31-24(30-11-13-34-14-12-30)27-28-25(31)35-17-22(32)19-15-20(26-16-19)23(33)29-9-5-6-10-29/h3-4,7-8,15-16,26H,2,5-6,9-14,17H2,1H3. The number of aromatic nitrogens is 4. The Kier molecular flexibility index (Phi) is 7.19. The number of aromatic amines is 1. The van der Waals surface area contributed by atoms with Crippen molar-refractivity contribution in [2.24, 2.45) is 0 Å². The van der Waals surface area contributed by atoms with Crippen LogP contribution in [0.5, 0.6) is 0 Å². The van der Waals surface area contributed by atoms with E-state index in [4.69, 9.17) is 4.74 Å². The zero-order chi connectivity index (χ0) is 24.2. The molecule has 4 heterocycles. The van der Waals surface area contributed by atoms with Gasteiger partial charge in [0.15, 0.2) is 10.9 Å². The van der Waals surface area contributed by atoms with Crippen molar-refractivity contribution in [3.05, 3.63) is 53.3 Å². The van der Waals surface area contributed by atoms with Crippen LogP contribution in [0, 0.1) is 0 Å². The van der Waals surface area contributed by atoms with E-state index in [1.807, 2.05) is 17.0 Å². The van der Waals surface area contributed by atoms with E-state index in [0.29, 0.717) is 29.6 Å². The first-order chi connectivity index (χ1) is 17.2. The number of ether oxygens (including phenoxy) is 1. The summed E-state index contributed by atoms with van der Waals surface area (Å²) < 4.78 is 7.58. The molecule has 5 rings (SSSR count). The zero-order valence-electron chi connectivity index (χ0n) is 19.9. The molecule has 1 amide bonds. The van der Waals surface area contributed by atoms with Gasteiger partial charge in [-0.2, -0.15) is 0 Å². The molecule has 35 heavy (non-hydrogen) atoms. The van der Waals surface area contributed by atoms with Crippen molar-refractivity contribution in [2.75, 3.05) is 50.0 Å². The Morgan fingerprint density at radius 3 is 2.63 bits per heavy atom. The van der Waals surface area contributed by atoms with Crippen LogP contribution in [0.15, 0.2) is 41.7 Å². The van der Waals surface area contributed by atoms with Crippen LogP contribution in [-0.2, 0) is 11.2 Å². The third kappa shape index (κ3) is 4.99. The van der Waals surface area contributed by atoms with Crippen molar-refractivity contribution in [3.8, 4) is 5.69 Å². The number of thioether (sulfide) groups is 1. The fourth-order valence-electron chi connectivity index (χ4n) is 4.55. The summed E-state index contributed by atoms with van der Waals surface area (Å²) in [5, 5.41) is 9.65. The Morgan fingerprint density at radius 1 is 1.09 bits per heavy atom. The topological polar surface area (TPSA) is 96.4 Å². The minimum atomic E-state index is -0.0574. The molecule has 9 nitrogen and oxygen atoms in total. The number of anilines is 1. The van der Waals surface area contributed by atoms with Crippen LogP contribution >= 0.6 is 11.8 Å². The molecule has 10 heteroatoms. The second kappa shape index (κ2) is 10.7. The van der Waals surface area contributed by atoms with Gasteiger partial charge in [-0.25, -0.2) is 0 Å². The van der Waals surface area contributed by atoms with E-state index in [2.05, 4.69) is 43.7 Å². The molecule has 2 saturated heterocycles. The molecule has 2 aromatic heterocycles. The third-order valence-corrected chi connectivity index (χ3v) is 7.41. The number of nitrogens with zero attached hydrogens (tertiary/aromatic N) is 5. The van der Waals surface area contributed by atoms with E-state index < -0.39 is 0 Å². The summed E-state index contributed by atoms with van der Waals surface area (Å²) >= 11 is 1.36. The number of hydrogen-bond acceptors (Lipinski definition) is 7. The smallest absolute Gasteiger partial charge is 0.270 e. The summed E-state index contributed by atoms with van der Waals surface area (Å²) in [4.78, 5) is 32.6. The molecule has 1 N–H and O–H groups in total. The van der Waals surface area contributed by atoms with Gasteiger partial charge in [-0.3, -0.25) is 14.2 Å². The molecule has 0 radical (unpaired) electrons. The molecule has 2 aliphatic heterocycles. The number of ketones is 1. The lowest BCUT2D eigenvalue weighted by molar-refractivity contribution is 0.0787. The average molecular weight is 495 g/mol. The van der Waals surface area contributed by atoms with Gasteiger partial charge in [0.1, 0.15) is 5.69 Å². The first kappa shape index (κ1) is 23.6. The van der Waals surface area contributed by atoms with Crippen molar-refractivity contribution in [2.45, 2.75) is 31.3 Å². The number of para-hydroxylation sites is 1. The molecule has 0 unspecified atom stereocenters. The lowest BCUT2D eigenvalue weighted by Crippen LogP contribution is -2.38. The van der Waals surface area contributed by atoms with Crippen LogP contribution in [0.25, 0.3) is 5.69 Å². The van der Waals surface area contributed by atoms with E-state index >= 15 is 0 Å². The number of nitrogens with one attached hydrogen (secondary N) is 1. The van der Waals surface area contributed by atoms with Crippen molar-refractivity contribution >= 4 is 29.4 Å². The summed E-state index contributed by atoms with van der Waals surface area (Å²) in [6, 6.07) is 9.89. The maximum atomic E-state index is 13.0. The van der Waals surface area contributed by atoms with Crippen molar-refractivity contribution in [3.63, 3.8) is 0 Å². The van der Waals surface area contributed by atoms with Crippen LogP contribution in [0.4, 0.5) is 5.95 Å². The van der Waals surface area contributed by atoms with Gasteiger partial charge in [0.05, 0.1) is 24.7 Å². The highest BCUT2D eigenvalue weighted by Crippen LogP contribution is 2.30. The largest absolute Gasteiger partial charge is 0.378 e. The van der Waals surface area contributed by atoms with Gasteiger partial charge >= 0.3 is 0 Å². The number of likely N-dealkylation sites (tertiary alicyclic amines) is 1. The fourth-order valence-corrected chi connectivity index (χ4v) is 5.38. The summed E-state index contributed by atoms with van der Waals surface area (Å²) in [7, 11) is 0. The summed E-state index contributed by atoms with van der Waals surface area (Å²) in [5.41, 5.74) is 3.19. The first-order valence-corrected chi connectivity index (χ1v) is 13.1. The minimum Gasteiger partial charge on any atom is -0.378 e. The Balaban J connectivity index is 1.36. The molecule has 184 valence electrons. The zero-order valence-corrected chi connectivity index (χ0v) is 20.7. The molecule has 3 aromatic rings. The van der Waals surface area contributed by atoms with Gasteiger partial charge in [0, 0.05) is 37.9 Å². The van der Waals surface area contributed by atoms with Gasteiger partial charge in [-0.15, -0.1) is 10.2 Å². The van der Waals surface area contributed by atoms with Gasteiger partial charge in [-0.05, 0) is 37.0 Å². The highest BCUT2D eigenvalue weighted by Gasteiger charge is 2.25. The summed E-state index contributed by atoms with van der Waals surface area (Å²) in [6.07, 6.45) is 4.56. The van der Waals surface area contributed by atoms with E-state index in [-0.39, 0.29) is 17.4 Å². The lowest BCUT2D eigenvalue weighted by Gasteiger charge is -2.28. The number of H-pyrrole nitrogens is 1. The molecule has 0 atom stereocenters. The van der Waals surface area contributed by atoms with E-state index in [1.165, 1.54) is 17.3 Å². The quantitative estimate of drug-likeness (QED) is 0.379. The van der Waals surface area contributed by atoms with E-state index in [9.17, 15) is 9.59 Å². The first-order valence-electron chi connectivity index (χ1n) is 12.2. The predicted octanol–water partition coefficient (Wildman–Crippen LogP) is 3.21. The van der Waals surface area contributed by atoms with Crippen LogP contribution < -0.4 is 4.90 Å². The molecule has 0 spiro atoms.